The number of hydrogen-bond donors (Lipinski definition) is 0. The molecule has 0 aromatic heterocycles. The van der Waals surface area contributed by atoms with Crippen molar-refractivity contribution < 1.29 is 9.53 Å². The second-order valence-corrected chi connectivity index (χ2v) is 4.87. The van der Waals surface area contributed by atoms with Gasteiger partial charge in [-0.05, 0) is 25.7 Å². The fourth-order valence-electron chi connectivity index (χ4n) is 2.17. The zero-order valence-corrected chi connectivity index (χ0v) is 12.0. The molecule has 0 fully saturated rings. The van der Waals surface area contributed by atoms with Gasteiger partial charge in [0.25, 0.3) is 0 Å². The monoisotopic (exact) mass is 242 g/mol. The minimum absolute atomic E-state index is 0.00880. The first kappa shape index (κ1) is 16.5. The molecule has 2 heteroatoms. The molecule has 0 aromatic rings. The highest BCUT2D eigenvalue weighted by Crippen LogP contribution is 2.21. The van der Waals surface area contributed by atoms with E-state index in [1.165, 1.54) is 51.4 Å². The second kappa shape index (κ2) is 11.9. The van der Waals surface area contributed by atoms with Crippen molar-refractivity contribution in [2.45, 2.75) is 78.6 Å². The van der Waals surface area contributed by atoms with Crippen LogP contribution in [0.25, 0.3) is 0 Å². The van der Waals surface area contributed by atoms with Crippen molar-refractivity contribution in [3.63, 3.8) is 0 Å². The Morgan fingerprint density at radius 2 is 1.47 bits per heavy atom. The van der Waals surface area contributed by atoms with Crippen LogP contribution in [0.2, 0.25) is 0 Å². The number of carbonyl (C=O) groups excluding carboxylic acids is 1. The van der Waals surface area contributed by atoms with Gasteiger partial charge < -0.3 is 4.74 Å². The van der Waals surface area contributed by atoms with E-state index in [0.717, 1.165) is 0 Å². The van der Waals surface area contributed by atoms with Crippen molar-refractivity contribution in [2.24, 2.45) is 5.92 Å². The quantitative estimate of drug-likeness (QED) is 0.387. The summed E-state index contributed by atoms with van der Waals surface area (Å²) in [6.07, 6.45) is 10.6. The lowest BCUT2D eigenvalue weighted by Gasteiger charge is -2.15. The largest absolute Gasteiger partial charge is 0.466 e. The van der Waals surface area contributed by atoms with Crippen LogP contribution in [0, 0.1) is 5.92 Å². The van der Waals surface area contributed by atoms with E-state index in [0.29, 0.717) is 18.9 Å². The molecule has 0 rings (SSSR count). The molecule has 0 aliphatic carbocycles. The Morgan fingerprint density at radius 3 is 1.88 bits per heavy atom. The minimum atomic E-state index is -0.00880. The number of rotatable bonds is 11. The summed E-state index contributed by atoms with van der Waals surface area (Å²) < 4.78 is 5.05. The van der Waals surface area contributed by atoms with E-state index in [1.54, 1.807) is 0 Å². The summed E-state index contributed by atoms with van der Waals surface area (Å²) in [4.78, 5) is 11.5. The first-order valence-corrected chi connectivity index (χ1v) is 7.40. The van der Waals surface area contributed by atoms with E-state index in [9.17, 15) is 4.79 Å². The number of unbranched alkanes of at least 4 members (excludes halogenated alkanes) is 4. The van der Waals surface area contributed by atoms with Crippen LogP contribution in [0.3, 0.4) is 0 Å². The molecule has 0 atom stereocenters. The minimum Gasteiger partial charge on any atom is -0.466 e. The summed E-state index contributed by atoms with van der Waals surface area (Å²) in [5, 5.41) is 0. The summed E-state index contributed by atoms with van der Waals surface area (Å²) in [5.74, 6) is 0.539. The van der Waals surface area contributed by atoms with Crippen LogP contribution in [0.1, 0.15) is 78.6 Å². The number of hydrogen-bond acceptors (Lipinski definition) is 2. The van der Waals surface area contributed by atoms with Crippen LogP contribution >= 0.6 is 0 Å². The van der Waals surface area contributed by atoms with Crippen LogP contribution in [0.4, 0.5) is 0 Å². The summed E-state index contributed by atoms with van der Waals surface area (Å²) >= 11 is 0. The Hall–Kier alpha value is -0.530. The van der Waals surface area contributed by atoms with Crippen molar-refractivity contribution in [1.29, 1.82) is 0 Å². The third kappa shape index (κ3) is 10.3. The van der Waals surface area contributed by atoms with Gasteiger partial charge in [-0.3, -0.25) is 4.79 Å². The third-order valence-electron chi connectivity index (χ3n) is 3.19. The Kier molecular flexibility index (Phi) is 11.6. The number of carbonyl (C=O) groups is 1. The first-order valence-electron chi connectivity index (χ1n) is 7.40. The second-order valence-electron chi connectivity index (χ2n) is 4.87. The molecule has 0 radical (unpaired) electrons. The molecule has 0 unspecified atom stereocenters. The van der Waals surface area contributed by atoms with E-state index in [1.807, 2.05) is 6.92 Å². The Balaban J connectivity index is 3.86. The molecule has 0 bridgehead atoms. The first-order chi connectivity index (χ1) is 8.24. The predicted molar refractivity (Wildman–Crippen MR) is 73.0 cm³/mol. The van der Waals surface area contributed by atoms with E-state index < -0.39 is 0 Å². The molecule has 0 aliphatic heterocycles. The molecular formula is C15H30O2. The lowest BCUT2D eigenvalue weighted by Crippen LogP contribution is -2.12. The van der Waals surface area contributed by atoms with Crippen LogP contribution < -0.4 is 0 Å². The van der Waals surface area contributed by atoms with Crippen LogP contribution in [0.15, 0.2) is 0 Å². The number of esters is 1. The predicted octanol–water partition coefficient (Wildman–Crippen LogP) is 4.72. The van der Waals surface area contributed by atoms with Gasteiger partial charge in [-0.25, -0.2) is 0 Å². The van der Waals surface area contributed by atoms with E-state index in [4.69, 9.17) is 4.74 Å². The highest BCUT2D eigenvalue weighted by molar-refractivity contribution is 5.69. The Morgan fingerprint density at radius 1 is 0.941 bits per heavy atom. The van der Waals surface area contributed by atoms with Gasteiger partial charge in [0.15, 0.2) is 0 Å². The van der Waals surface area contributed by atoms with Crippen LogP contribution in [-0.2, 0) is 9.53 Å². The lowest BCUT2D eigenvalue weighted by molar-refractivity contribution is -0.144. The molecule has 2 nitrogen and oxygen atoms in total. The third-order valence-corrected chi connectivity index (χ3v) is 3.19. The van der Waals surface area contributed by atoms with Gasteiger partial charge in [0, 0.05) is 6.42 Å². The van der Waals surface area contributed by atoms with Gasteiger partial charge in [-0.15, -0.1) is 0 Å². The normalized spacial score (nSPS) is 10.8. The zero-order valence-electron chi connectivity index (χ0n) is 12.0. The van der Waals surface area contributed by atoms with Crippen molar-refractivity contribution in [2.75, 3.05) is 6.61 Å². The van der Waals surface area contributed by atoms with Crippen LogP contribution in [-0.4, -0.2) is 12.6 Å². The van der Waals surface area contributed by atoms with Gasteiger partial charge in [0.1, 0.15) is 0 Å². The van der Waals surface area contributed by atoms with Crippen molar-refractivity contribution in [3.05, 3.63) is 0 Å². The Labute approximate surface area is 107 Å². The molecule has 0 saturated carbocycles. The summed E-state index contributed by atoms with van der Waals surface area (Å²) in [7, 11) is 0. The van der Waals surface area contributed by atoms with Gasteiger partial charge in [-0.2, -0.15) is 0 Å². The topological polar surface area (TPSA) is 26.3 Å². The van der Waals surface area contributed by atoms with Gasteiger partial charge in [-0.1, -0.05) is 52.4 Å². The standard InChI is InChI=1S/C15H30O2/c1-4-7-9-11-14(12-10-8-5-2)13-15(16)17-6-3/h14H,4-13H2,1-3H3. The maximum atomic E-state index is 11.5. The lowest BCUT2D eigenvalue weighted by atomic mass is 9.92. The van der Waals surface area contributed by atoms with E-state index in [-0.39, 0.29) is 5.97 Å². The van der Waals surface area contributed by atoms with E-state index in [2.05, 4.69) is 13.8 Å². The molecule has 0 amide bonds. The van der Waals surface area contributed by atoms with Crippen molar-refractivity contribution >= 4 is 5.97 Å². The summed E-state index contributed by atoms with van der Waals surface area (Å²) in [5.41, 5.74) is 0. The smallest absolute Gasteiger partial charge is 0.306 e. The van der Waals surface area contributed by atoms with Crippen molar-refractivity contribution in [1.82, 2.24) is 0 Å². The SMILES string of the molecule is CCCCCC(CCCCC)CC(=O)OCC. The fourth-order valence-corrected chi connectivity index (χ4v) is 2.17. The molecule has 0 spiro atoms. The number of ether oxygens (including phenoxy) is 1. The molecular weight excluding hydrogens is 212 g/mol. The van der Waals surface area contributed by atoms with Gasteiger partial charge in [0.05, 0.1) is 6.61 Å². The summed E-state index contributed by atoms with van der Waals surface area (Å²) in [6, 6.07) is 0. The highest BCUT2D eigenvalue weighted by Gasteiger charge is 2.14. The van der Waals surface area contributed by atoms with Crippen LogP contribution in [0.5, 0.6) is 0 Å². The maximum Gasteiger partial charge on any atom is 0.306 e. The molecule has 17 heavy (non-hydrogen) atoms. The van der Waals surface area contributed by atoms with E-state index >= 15 is 0 Å². The van der Waals surface area contributed by atoms with Gasteiger partial charge in [0.2, 0.25) is 0 Å². The molecule has 0 aliphatic rings. The average Bonchev–Trinajstić information content (AvgIpc) is 2.29. The summed E-state index contributed by atoms with van der Waals surface area (Å²) in [6.45, 7) is 6.82. The zero-order chi connectivity index (χ0) is 12.9. The molecule has 0 heterocycles. The highest BCUT2D eigenvalue weighted by atomic mass is 16.5. The van der Waals surface area contributed by atoms with Crippen molar-refractivity contribution in [3.8, 4) is 0 Å². The molecule has 0 N–H and O–H groups in total. The van der Waals surface area contributed by atoms with Gasteiger partial charge >= 0.3 is 5.97 Å². The fraction of sp³-hybridized carbons (Fsp3) is 0.933. The molecule has 0 aromatic carbocycles. The Bertz CT molecular complexity index is 168. The molecule has 102 valence electrons. The maximum absolute atomic E-state index is 11.5. The average molecular weight is 242 g/mol. The molecule has 0 saturated heterocycles.